The van der Waals surface area contributed by atoms with E-state index in [9.17, 15) is 13.2 Å². The Morgan fingerprint density at radius 3 is 2.40 bits per heavy atom. The van der Waals surface area contributed by atoms with E-state index in [-0.39, 0.29) is 11.4 Å². The molecule has 110 valence electrons. The SMILES string of the molecule is CCC(C)(C)n1c(CCl)nc2cc(C(F)(F)F)ccc21. The van der Waals surface area contributed by atoms with Crippen LogP contribution in [-0.4, -0.2) is 9.55 Å². The van der Waals surface area contributed by atoms with Crippen LogP contribution in [0.3, 0.4) is 0 Å². The molecule has 1 aromatic carbocycles. The van der Waals surface area contributed by atoms with E-state index in [1.807, 2.05) is 25.3 Å². The van der Waals surface area contributed by atoms with E-state index in [0.29, 0.717) is 16.9 Å². The first-order valence-corrected chi connectivity index (χ1v) is 6.89. The van der Waals surface area contributed by atoms with Crippen molar-refractivity contribution in [2.75, 3.05) is 0 Å². The lowest BCUT2D eigenvalue weighted by Gasteiger charge is -2.27. The number of imidazole rings is 1. The van der Waals surface area contributed by atoms with Gasteiger partial charge >= 0.3 is 6.18 Å². The van der Waals surface area contributed by atoms with E-state index >= 15 is 0 Å². The standard InChI is InChI=1S/C14H16ClF3N2/c1-4-13(2,3)20-11-6-5-9(14(16,17)18)7-10(11)19-12(20)8-15/h5-7H,4,8H2,1-3H3. The molecule has 0 spiro atoms. The first-order valence-electron chi connectivity index (χ1n) is 6.35. The summed E-state index contributed by atoms with van der Waals surface area (Å²) in [6, 6.07) is 3.64. The van der Waals surface area contributed by atoms with Gasteiger partial charge < -0.3 is 4.57 Å². The molecule has 0 radical (unpaired) electrons. The van der Waals surface area contributed by atoms with Gasteiger partial charge in [0.2, 0.25) is 0 Å². The third-order valence-corrected chi connectivity index (χ3v) is 3.88. The van der Waals surface area contributed by atoms with Gasteiger partial charge in [0.1, 0.15) is 5.82 Å². The van der Waals surface area contributed by atoms with Crippen LogP contribution in [0.2, 0.25) is 0 Å². The first kappa shape index (κ1) is 15.2. The number of aromatic nitrogens is 2. The van der Waals surface area contributed by atoms with E-state index in [0.717, 1.165) is 18.6 Å². The average Bonchev–Trinajstić information content (AvgIpc) is 2.75. The van der Waals surface area contributed by atoms with Crippen LogP contribution in [-0.2, 0) is 17.6 Å². The van der Waals surface area contributed by atoms with E-state index in [1.54, 1.807) is 0 Å². The molecule has 6 heteroatoms. The molecule has 1 heterocycles. The maximum absolute atomic E-state index is 12.7. The number of nitrogens with zero attached hydrogens (tertiary/aromatic N) is 2. The Bertz CT molecular complexity index is 629. The van der Waals surface area contributed by atoms with Crippen molar-refractivity contribution in [1.82, 2.24) is 9.55 Å². The summed E-state index contributed by atoms with van der Waals surface area (Å²) in [6.45, 7) is 6.05. The number of hydrogen-bond acceptors (Lipinski definition) is 1. The van der Waals surface area contributed by atoms with E-state index in [2.05, 4.69) is 4.98 Å². The summed E-state index contributed by atoms with van der Waals surface area (Å²) in [6.07, 6.45) is -3.54. The molecule has 0 N–H and O–H groups in total. The molecular formula is C14H16ClF3N2. The zero-order valence-electron chi connectivity index (χ0n) is 11.6. The van der Waals surface area contributed by atoms with Crippen LogP contribution in [0, 0.1) is 0 Å². The van der Waals surface area contributed by atoms with Crippen molar-refractivity contribution in [2.24, 2.45) is 0 Å². The maximum Gasteiger partial charge on any atom is 0.416 e. The topological polar surface area (TPSA) is 17.8 Å². The summed E-state index contributed by atoms with van der Waals surface area (Å²) in [5.74, 6) is 0.757. The molecule has 0 aliphatic carbocycles. The van der Waals surface area contributed by atoms with Crippen molar-refractivity contribution in [3.63, 3.8) is 0 Å². The Kier molecular flexibility index (Phi) is 3.75. The van der Waals surface area contributed by atoms with Gasteiger partial charge in [0, 0.05) is 5.54 Å². The quantitative estimate of drug-likeness (QED) is 0.734. The van der Waals surface area contributed by atoms with Gasteiger partial charge in [-0.3, -0.25) is 0 Å². The Morgan fingerprint density at radius 2 is 1.90 bits per heavy atom. The van der Waals surface area contributed by atoms with Gasteiger partial charge in [-0.1, -0.05) is 6.92 Å². The second-order valence-electron chi connectivity index (χ2n) is 5.36. The first-order chi connectivity index (χ1) is 9.20. The van der Waals surface area contributed by atoms with Crippen LogP contribution < -0.4 is 0 Å². The molecule has 2 nitrogen and oxygen atoms in total. The number of hydrogen-bond donors (Lipinski definition) is 0. The van der Waals surface area contributed by atoms with Gasteiger partial charge in [0.25, 0.3) is 0 Å². The van der Waals surface area contributed by atoms with Crippen LogP contribution >= 0.6 is 11.6 Å². The van der Waals surface area contributed by atoms with Crippen LogP contribution in [0.4, 0.5) is 13.2 Å². The van der Waals surface area contributed by atoms with Crippen molar-refractivity contribution in [2.45, 2.75) is 44.8 Å². The molecule has 0 bridgehead atoms. The fourth-order valence-corrected chi connectivity index (χ4v) is 2.41. The molecule has 0 unspecified atom stereocenters. The molecule has 0 aliphatic rings. The summed E-state index contributed by atoms with van der Waals surface area (Å²) < 4.78 is 40.2. The highest BCUT2D eigenvalue weighted by atomic mass is 35.5. The minimum absolute atomic E-state index is 0.166. The van der Waals surface area contributed by atoms with Crippen LogP contribution in [0.15, 0.2) is 18.2 Å². The molecule has 20 heavy (non-hydrogen) atoms. The van der Waals surface area contributed by atoms with Gasteiger partial charge in [-0.15, -0.1) is 11.6 Å². The lowest BCUT2D eigenvalue weighted by atomic mass is 10.0. The molecule has 0 fully saturated rings. The fourth-order valence-electron chi connectivity index (χ4n) is 2.23. The maximum atomic E-state index is 12.7. The summed E-state index contributed by atoms with van der Waals surface area (Å²) >= 11 is 5.89. The predicted molar refractivity (Wildman–Crippen MR) is 73.9 cm³/mol. The van der Waals surface area contributed by atoms with E-state index in [1.165, 1.54) is 6.07 Å². The van der Waals surface area contributed by atoms with Crippen molar-refractivity contribution in [1.29, 1.82) is 0 Å². The Hall–Kier alpha value is -1.23. The summed E-state index contributed by atoms with van der Waals surface area (Å²) in [7, 11) is 0. The number of halogens is 4. The second kappa shape index (κ2) is 4.95. The van der Waals surface area contributed by atoms with Crippen molar-refractivity contribution < 1.29 is 13.2 Å². The normalized spacial score (nSPS) is 13.2. The molecule has 2 aromatic rings. The van der Waals surface area contributed by atoms with E-state index < -0.39 is 11.7 Å². The molecule has 0 aliphatic heterocycles. The highest BCUT2D eigenvalue weighted by Crippen LogP contribution is 2.34. The van der Waals surface area contributed by atoms with Crippen LogP contribution in [0.5, 0.6) is 0 Å². The highest BCUT2D eigenvalue weighted by molar-refractivity contribution is 6.16. The molecule has 1 aromatic heterocycles. The zero-order chi connectivity index (χ0) is 15.1. The largest absolute Gasteiger partial charge is 0.416 e. The fraction of sp³-hybridized carbons (Fsp3) is 0.500. The van der Waals surface area contributed by atoms with Gasteiger partial charge in [-0.05, 0) is 38.5 Å². The third kappa shape index (κ3) is 2.51. The van der Waals surface area contributed by atoms with Gasteiger partial charge in [-0.2, -0.15) is 13.2 Å². The summed E-state index contributed by atoms with van der Waals surface area (Å²) in [4.78, 5) is 4.25. The summed E-state index contributed by atoms with van der Waals surface area (Å²) in [5.41, 5.74) is 0.0706. The predicted octanol–water partition coefficient (Wildman–Crippen LogP) is 4.94. The Labute approximate surface area is 120 Å². The lowest BCUT2D eigenvalue weighted by Crippen LogP contribution is -2.26. The van der Waals surface area contributed by atoms with Gasteiger partial charge in [0.15, 0.2) is 0 Å². The molecule has 0 saturated carbocycles. The smallest absolute Gasteiger partial charge is 0.321 e. The number of alkyl halides is 4. The minimum atomic E-state index is -4.36. The van der Waals surface area contributed by atoms with Crippen molar-refractivity contribution in [3.8, 4) is 0 Å². The average molecular weight is 305 g/mol. The summed E-state index contributed by atoms with van der Waals surface area (Å²) in [5, 5.41) is 0. The van der Waals surface area contributed by atoms with Crippen molar-refractivity contribution in [3.05, 3.63) is 29.6 Å². The van der Waals surface area contributed by atoms with Crippen LogP contribution in [0.1, 0.15) is 38.6 Å². The highest BCUT2D eigenvalue weighted by Gasteiger charge is 2.32. The molecule has 0 amide bonds. The Morgan fingerprint density at radius 1 is 1.25 bits per heavy atom. The van der Waals surface area contributed by atoms with Gasteiger partial charge in [0.05, 0.1) is 22.5 Å². The molecule has 2 rings (SSSR count). The van der Waals surface area contributed by atoms with Crippen LogP contribution in [0.25, 0.3) is 11.0 Å². The molecular weight excluding hydrogens is 289 g/mol. The van der Waals surface area contributed by atoms with E-state index in [4.69, 9.17) is 11.6 Å². The lowest BCUT2D eigenvalue weighted by molar-refractivity contribution is -0.137. The Balaban J connectivity index is 2.71. The molecule has 0 saturated heterocycles. The van der Waals surface area contributed by atoms with Gasteiger partial charge in [-0.25, -0.2) is 4.98 Å². The monoisotopic (exact) mass is 304 g/mol. The third-order valence-electron chi connectivity index (χ3n) is 3.64. The number of fused-ring (bicyclic) bond motifs is 1. The van der Waals surface area contributed by atoms with Crippen molar-refractivity contribution >= 4 is 22.6 Å². The zero-order valence-corrected chi connectivity index (χ0v) is 12.3. The number of rotatable bonds is 3. The molecule has 0 atom stereocenters. The minimum Gasteiger partial charge on any atom is -0.321 e. The number of benzene rings is 1. The second-order valence-corrected chi connectivity index (χ2v) is 5.63.